The molecule has 2 N–H and O–H groups in total. The first kappa shape index (κ1) is 26.4. The number of rotatable bonds is 10. The van der Waals surface area contributed by atoms with Crippen molar-refractivity contribution in [3.8, 4) is 0 Å². The van der Waals surface area contributed by atoms with Crippen LogP contribution in [-0.4, -0.2) is 97.9 Å². The van der Waals surface area contributed by atoms with E-state index in [0.717, 1.165) is 51.4 Å². The first-order chi connectivity index (χ1) is 15.6. The van der Waals surface area contributed by atoms with Crippen LogP contribution >= 0.6 is 24.0 Å². The second-order valence-electron chi connectivity index (χ2n) is 9.50. The van der Waals surface area contributed by atoms with Crippen molar-refractivity contribution in [1.82, 2.24) is 25.3 Å². The Kier molecular flexibility index (Phi) is 9.99. The largest absolute Gasteiger partial charge is 0.357 e. The molecule has 1 saturated carbocycles. The Hall–Kier alpha value is -1.20. The van der Waals surface area contributed by atoms with E-state index in [2.05, 4.69) is 44.5 Å². The van der Waals surface area contributed by atoms with Gasteiger partial charge in [0.25, 0.3) is 0 Å². The Morgan fingerprint density at radius 1 is 0.939 bits per heavy atom. The van der Waals surface area contributed by atoms with Gasteiger partial charge in [0, 0.05) is 52.4 Å². The summed E-state index contributed by atoms with van der Waals surface area (Å²) in [5.74, 6) is 1.15. The minimum atomic E-state index is -0.107. The first-order valence-corrected chi connectivity index (χ1v) is 12.6. The third kappa shape index (κ3) is 6.08. The van der Waals surface area contributed by atoms with Crippen LogP contribution in [0, 0.1) is 23.7 Å². The molecule has 9 heteroatoms. The van der Waals surface area contributed by atoms with Crippen LogP contribution in [0.1, 0.15) is 33.1 Å². The van der Waals surface area contributed by atoms with Gasteiger partial charge in [-0.1, -0.05) is 19.1 Å². The molecule has 33 heavy (non-hydrogen) atoms. The Morgan fingerprint density at radius 2 is 1.58 bits per heavy atom. The number of guanidine groups is 1. The zero-order valence-electron chi connectivity index (χ0n) is 20.2. The summed E-state index contributed by atoms with van der Waals surface area (Å²) in [4.78, 5) is 36.8. The van der Waals surface area contributed by atoms with Crippen LogP contribution in [0.5, 0.6) is 0 Å². The molecule has 2 aliphatic heterocycles. The highest BCUT2D eigenvalue weighted by molar-refractivity contribution is 14.0. The van der Waals surface area contributed by atoms with Crippen LogP contribution in [0.2, 0.25) is 0 Å². The third-order valence-corrected chi connectivity index (χ3v) is 7.60. The number of piperazine rings is 1. The number of halogens is 1. The molecule has 0 aromatic rings. The minimum Gasteiger partial charge on any atom is -0.357 e. The van der Waals surface area contributed by atoms with Gasteiger partial charge in [0.1, 0.15) is 0 Å². The summed E-state index contributed by atoms with van der Waals surface area (Å²) >= 11 is 0. The van der Waals surface area contributed by atoms with E-state index >= 15 is 0 Å². The first-order valence-electron chi connectivity index (χ1n) is 12.6. The topological polar surface area (TPSA) is 80.3 Å². The number of allylic oxidation sites excluding steroid dienone is 2. The molecular weight excluding hydrogens is 531 g/mol. The van der Waals surface area contributed by atoms with Crippen LogP contribution in [0.25, 0.3) is 0 Å². The second kappa shape index (κ2) is 12.5. The summed E-state index contributed by atoms with van der Waals surface area (Å²) in [6, 6.07) is 0. The summed E-state index contributed by atoms with van der Waals surface area (Å²) < 4.78 is 0. The molecule has 8 nitrogen and oxygen atoms in total. The number of amides is 2. The normalized spacial score (nSPS) is 29.5. The molecule has 0 spiro atoms. The summed E-state index contributed by atoms with van der Waals surface area (Å²) in [5, 5.41) is 6.58. The predicted octanol–water partition coefficient (Wildman–Crippen LogP) is 1.38. The quantitative estimate of drug-likeness (QED) is 0.103. The maximum atomic E-state index is 12.8. The molecule has 4 rings (SSSR count). The van der Waals surface area contributed by atoms with Crippen molar-refractivity contribution in [3.63, 3.8) is 0 Å². The van der Waals surface area contributed by atoms with Gasteiger partial charge in [-0.3, -0.25) is 19.5 Å². The van der Waals surface area contributed by atoms with Crippen molar-refractivity contribution in [3.05, 3.63) is 12.2 Å². The van der Waals surface area contributed by atoms with Gasteiger partial charge >= 0.3 is 0 Å². The Morgan fingerprint density at radius 3 is 2.18 bits per heavy atom. The standard InChI is InChI=1S/C24H40N6O2.HI/c1-3-25-24(26-9-5-6-11-29-15-13-28(4-2)14-16-29)27-10-12-30-22(31)20-18-7-8-19(17-18)21(20)23(30)32;/h7-8,18-21H,3-6,9-17H2,1-2H3,(H2,25,26,27);1H. The fourth-order valence-corrected chi connectivity index (χ4v) is 5.78. The van der Waals surface area contributed by atoms with Gasteiger partial charge in [-0.25, -0.2) is 0 Å². The van der Waals surface area contributed by atoms with Crippen molar-refractivity contribution < 1.29 is 9.59 Å². The molecule has 2 amide bonds. The number of unbranched alkanes of at least 4 members (excludes halogenated alkanes) is 1. The van der Waals surface area contributed by atoms with Crippen LogP contribution < -0.4 is 10.6 Å². The van der Waals surface area contributed by atoms with Gasteiger partial charge in [0.2, 0.25) is 11.8 Å². The van der Waals surface area contributed by atoms with Gasteiger partial charge in [0.05, 0.1) is 11.8 Å². The van der Waals surface area contributed by atoms with Crippen molar-refractivity contribution in [2.45, 2.75) is 33.1 Å². The molecule has 2 heterocycles. The average molecular weight is 573 g/mol. The number of carbonyl (C=O) groups excluding carboxylic acids is 2. The average Bonchev–Trinajstić information content (AvgIpc) is 3.49. The van der Waals surface area contributed by atoms with Crippen LogP contribution in [0.4, 0.5) is 0 Å². The zero-order valence-corrected chi connectivity index (χ0v) is 22.5. The number of nitrogens with one attached hydrogen (secondary N) is 2. The maximum Gasteiger partial charge on any atom is 0.233 e. The highest BCUT2D eigenvalue weighted by Gasteiger charge is 2.58. The highest BCUT2D eigenvalue weighted by atomic mass is 127. The van der Waals surface area contributed by atoms with E-state index in [1.807, 2.05) is 6.92 Å². The van der Waals surface area contributed by atoms with Gasteiger partial charge < -0.3 is 20.4 Å². The lowest BCUT2D eigenvalue weighted by Gasteiger charge is -2.33. The third-order valence-electron chi connectivity index (χ3n) is 7.60. The lowest BCUT2D eigenvalue weighted by molar-refractivity contribution is -0.140. The van der Waals surface area contributed by atoms with E-state index in [4.69, 9.17) is 0 Å². The van der Waals surface area contributed by atoms with Gasteiger partial charge in [0.15, 0.2) is 5.96 Å². The van der Waals surface area contributed by atoms with E-state index in [1.165, 1.54) is 31.1 Å². The molecule has 4 unspecified atom stereocenters. The predicted molar refractivity (Wildman–Crippen MR) is 142 cm³/mol. The highest BCUT2D eigenvalue weighted by Crippen LogP contribution is 2.52. The number of carbonyl (C=O) groups is 2. The van der Waals surface area contributed by atoms with Gasteiger partial charge in [-0.2, -0.15) is 0 Å². The van der Waals surface area contributed by atoms with E-state index in [-0.39, 0.29) is 59.5 Å². The van der Waals surface area contributed by atoms with Crippen molar-refractivity contribution in [2.24, 2.45) is 28.7 Å². The number of fused-ring (bicyclic) bond motifs is 5. The number of aliphatic imine (C=N–C) groups is 1. The number of likely N-dealkylation sites (N-methyl/N-ethyl adjacent to an activating group) is 1. The molecule has 0 radical (unpaired) electrons. The SMILES string of the molecule is CCNC(=NCCCCN1CCN(CC)CC1)NCCN1C(=O)C2C3C=CC(C3)C2C1=O.I. The lowest BCUT2D eigenvalue weighted by atomic mass is 9.85. The number of likely N-dealkylation sites (tertiary alicyclic amines) is 1. The molecule has 2 bridgehead atoms. The summed E-state index contributed by atoms with van der Waals surface area (Å²) in [6.45, 7) is 13.8. The summed E-state index contributed by atoms with van der Waals surface area (Å²) in [6.07, 6.45) is 7.47. The summed E-state index contributed by atoms with van der Waals surface area (Å²) in [5.41, 5.74) is 0. The molecule has 0 aromatic heterocycles. The molecule has 3 fully saturated rings. The number of hydrogen-bond acceptors (Lipinski definition) is 5. The minimum absolute atomic E-state index is 0. The van der Waals surface area contributed by atoms with Crippen molar-refractivity contribution in [2.75, 3.05) is 65.4 Å². The maximum absolute atomic E-state index is 12.8. The Labute approximate surface area is 215 Å². The molecule has 2 aliphatic carbocycles. The Bertz CT molecular complexity index is 706. The molecule has 4 aliphatic rings. The van der Waals surface area contributed by atoms with E-state index < -0.39 is 0 Å². The monoisotopic (exact) mass is 572 g/mol. The molecular formula is C24H41IN6O2. The zero-order chi connectivity index (χ0) is 22.5. The fraction of sp³-hybridized carbons (Fsp3) is 0.792. The smallest absolute Gasteiger partial charge is 0.233 e. The van der Waals surface area contributed by atoms with Crippen LogP contribution in [0.3, 0.4) is 0 Å². The van der Waals surface area contributed by atoms with Crippen LogP contribution in [0.15, 0.2) is 17.1 Å². The molecule has 2 saturated heterocycles. The number of hydrogen-bond donors (Lipinski definition) is 2. The van der Waals surface area contributed by atoms with Gasteiger partial charge in [-0.15, -0.1) is 24.0 Å². The van der Waals surface area contributed by atoms with Gasteiger partial charge in [-0.05, 0) is 51.1 Å². The van der Waals surface area contributed by atoms with E-state index in [1.54, 1.807) is 0 Å². The fourth-order valence-electron chi connectivity index (χ4n) is 5.78. The van der Waals surface area contributed by atoms with Crippen LogP contribution in [-0.2, 0) is 9.59 Å². The molecule has 0 aromatic carbocycles. The number of imide groups is 1. The van der Waals surface area contributed by atoms with Crippen molar-refractivity contribution >= 4 is 41.8 Å². The summed E-state index contributed by atoms with van der Waals surface area (Å²) in [7, 11) is 0. The van der Waals surface area contributed by atoms with E-state index in [0.29, 0.717) is 13.1 Å². The molecule has 4 atom stereocenters. The van der Waals surface area contributed by atoms with Crippen molar-refractivity contribution in [1.29, 1.82) is 0 Å². The second-order valence-corrected chi connectivity index (χ2v) is 9.50. The van der Waals surface area contributed by atoms with E-state index in [9.17, 15) is 9.59 Å². The Balaban J connectivity index is 0.00000306. The number of nitrogens with zero attached hydrogens (tertiary/aromatic N) is 4. The molecule has 186 valence electrons. The lowest BCUT2D eigenvalue weighted by Crippen LogP contribution is -2.46.